The van der Waals surface area contributed by atoms with E-state index in [0.29, 0.717) is 12.3 Å². The molecule has 2 fully saturated rings. The molecule has 70 valence electrons. The molecule has 0 spiro atoms. The van der Waals surface area contributed by atoms with Crippen molar-refractivity contribution in [3.05, 3.63) is 0 Å². The second-order valence-electron chi connectivity index (χ2n) is 4.26. The fourth-order valence-corrected chi connectivity index (χ4v) is 2.44. The average Bonchev–Trinajstić information content (AvgIpc) is 2.07. The predicted molar refractivity (Wildman–Crippen MR) is 48.9 cm³/mol. The molecule has 0 aromatic carbocycles. The van der Waals surface area contributed by atoms with Crippen molar-refractivity contribution in [3.8, 4) is 0 Å². The molecule has 0 bridgehead atoms. The molecule has 1 saturated carbocycles. The summed E-state index contributed by atoms with van der Waals surface area (Å²) in [5.74, 6) is 0.819. The zero-order chi connectivity index (χ0) is 8.55. The van der Waals surface area contributed by atoms with E-state index >= 15 is 0 Å². The first-order valence-corrected chi connectivity index (χ1v) is 5.13. The Balaban J connectivity index is 1.98. The molecule has 2 aliphatic rings. The minimum absolute atomic E-state index is 0.337. The lowest BCUT2D eigenvalue weighted by atomic mass is 9.85. The van der Waals surface area contributed by atoms with Gasteiger partial charge >= 0.3 is 0 Å². The molecule has 1 heterocycles. The second kappa shape index (κ2) is 3.35. The minimum Gasteiger partial charge on any atom is -0.360 e. The van der Waals surface area contributed by atoms with Crippen molar-refractivity contribution in [2.75, 3.05) is 13.6 Å². The number of hydrogen-bond donors (Lipinski definition) is 0. The summed E-state index contributed by atoms with van der Waals surface area (Å²) in [5.41, 5.74) is 0. The Labute approximate surface area is 74.9 Å². The van der Waals surface area contributed by atoms with Gasteiger partial charge in [-0.05, 0) is 32.7 Å². The second-order valence-corrected chi connectivity index (χ2v) is 4.26. The summed E-state index contributed by atoms with van der Waals surface area (Å²) in [7, 11) is 2.16. The number of ether oxygens (including phenoxy) is 1. The van der Waals surface area contributed by atoms with E-state index in [4.69, 9.17) is 4.74 Å². The average molecular weight is 169 g/mol. The molecule has 2 nitrogen and oxygen atoms in total. The molecule has 0 aromatic rings. The quantitative estimate of drug-likeness (QED) is 0.549. The molecular formula is C10H19NO. The van der Waals surface area contributed by atoms with Gasteiger partial charge in [0.1, 0.15) is 6.23 Å². The fourth-order valence-electron chi connectivity index (χ4n) is 2.44. The smallest absolute Gasteiger partial charge is 0.107 e. The first-order chi connectivity index (χ1) is 5.77. The summed E-state index contributed by atoms with van der Waals surface area (Å²) < 4.78 is 5.93. The Hall–Kier alpha value is -0.0800. The zero-order valence-corrected chi connectivity index (χ0v) is 8.12. The first-order valence-electron chi connectivity index (χ1n) is 5.13. The Morgan fingerprint density at radius 1 is 1.25 bits per heavy atom. The van der Waals surface area contributed by atoms with Gasteiger partial charge in [-0.1, -0.05) is 12.8 Å². The SMILES string of the molecule is C[C@@H]1O[C@@H]2CCCC[C@@H]2CN1C. The van der Waals surface area contributed by atoms with Crippen LogP contribution in [0.15, 0.2) is 0 Å². The largest absolute Gasteiger partial charge is 0.360 e. The molecule has 0 aromatic heterocycles. The number of fused-ring (bicyclic) bond motifs is 1. The maximum Gasteiger partial charge on any atom is 0.107 e. The summed E-state index contributed by atoms with van der Waals surface area (Å²) in [4.78, 5) is 2.33. The van der Waals surface area contributed by atoms with Crippen molar-refractivity contribution in [1.29, 1.82) is 0 Å². The van der Waals surface area contributed by atoms with Gasteiger partial charge in [0.25, 0.3) is 0 Å². The van der Waals surface area contributed by atoms with E-state index in [1.165, 1.54) is 32.2 Å². The zero-order valence-electron chi connectivity index (χ0n) is 8.12. The van der Waals surface area contributed by atoms with Gasteiger partial charge in [-0.3, -0.25) is 4.90 Å². The summed E-state index contributed by atoms with van der Waals surface area (Å²) in [6.07, 6.45) is 6.36. The molecule has 1 aliphatic carbocycles. The maximum absolute atomic E-state index is 5.93. The van der Waals surface area contributed by atoms with E-state index in [0.717, 1.165) is 5.92 Å². The highest BCUT2D eigenvalue weighted by Crippen LogP contribution is 2.31. The molecule has 1 saturated heterocycles. The normalized spacial score (nSPS) is 44.0. The molecule has 1 aliphatic heterocycles. The van der Waals surface area contributed by atoms with Crippen LogP contribution >= 0.6 is 0 Å². The van der Waals surface area contributed by atoms with E-state index in [9.17, 15) is 0 Å². The lowest BCUT2D eigenvalue weighted by Crippen LogP contribution is -2.49. The molecular weight excluding hydrogens is 150 g/mol. The fraction of sp³-hybridized carbons (Fsp3) is 1.00. The lowest BCUT2D eigenvalue weighted by molar-refractivity contribution is -0.159. The van der Waals surface area contributed by atoms with Crippen molar-refractivity contribution >= 4 is 0 Å². The molecule has 12 heavy (non-hydrogen) atoms. The lowest BCUT2D eigenvalue weighted by Gasteiger charge is -2.43. The van der Waals surface area contributed by atoms with Gasteiger partial charge < -0.3 is 4.74 Å². The van der Waals surface area contributed by atoms with Crippen LogP contribution in [0.3, 0.4) is 0 Å². The highest BCUT2D eigenvalue weighted by molar-refractivity contribution is 4.82. The Kier molecular flexibility index (Phi) is 2.37. The highest BCUT2D eigenvalue weighted by Gasteiger charge is 2.33. The van der Waals surface area contributed by atoms with Gasteiger partial charge in [-0.15, -0.1) is 0 Å². The van der Waals surface area contributed by atoms with E-state index in [-0.39, 0.29) is 0 Å². The first kappa shape index (κ1) is 8.52. The third-order valence-electron chi connectivity index (χ3n) is 3.35. The van der Waals surface area contributed by atoms with Crippen molar-refractivity contribution in [3.63, 3.8) is 0 Å². The predicted octanol–water partition coefficient (Wildman–Crippen LogP) is 1.85. The third kappa shape index (κ3) is 1.50. The molecule has 2 heteroatoms. The number of rotatable bonds is 0. The highest BCUT2D eigenvalue weighted by atomic mass is 16.5. The maximum atomic E-state index is 5.93. The molecule has 2 rings (SSSR count). The van der Waals surface area contributed by atoms with Crippen molar-refractivity contribution < 1.29 is 4.74 Å². The molecule has 0 unspecified atom stereocenters. The van der Waals surface area contributed by atoms with Crippen LogP contribution in [0.5, 0.6) is 0 Å². The van der Waals surface area contributed by atoms with Crippen molar-refractivity contribution in [1.82, 2.24) is 4.90 Å². The van der Waals surface area contributed by atoms with Crippen LogP contribution in [0.1, 0.15) is 32.6 Å². The van der Waals surface area contributed by atoms with E-state index in [1.807, 2.05) is 0 Å². The molecule has 0 amide bonds. The van der Waals surface area contributed by atoms with Gasteiger partial charge in [-0.2, -0.15) is 0 Å². The summed E-state index contributed by atoms with van der Waals surface area (Å²) >= 11 is 0. The summed E-state index contributed by atoms with van der Waals surface area (Å²) in [6, 6.07) is 0. The monoisotopic (exact) mass is 169 g/mol. The van der Waals surface area contributed by atoms with Crippen LogP contribution in [0, 0.1) is 5.92 Å². The van der Waals surface area contributed by atoms with Gasteiger partial charge in [0.2, 0.25) is 0 Å². The molecule has 0 N–H and O–H groups in total. The van der Waals surface area contributed by atoms with Gasteiger partial charge in [0.15, 0.2) is 0 Å². The Bertz CT molecular complexity index is 142. The summed E-state index contributed by atoms with van der Waals surface area (Å²) in [6.45, 7) is 3.40. The number of hydrogen-bond acceptors (Lipinski definition) is 2. The minimum atomic E-state index is 0.337. The Morgan fingerprint density at radius 3 is 2.83 bits per heavy atom. The summed E-state index contributed by atoms with van der Waals surface area (Å²) in [5, 5.41) is 0. The van der Waals surface area contributed by atoms with Crippen LogP contribution in [0.2, 0.25) is 0 Å². The van der Waals surface area contributed by atoms with E-state index < -0.39 is 0 Å². The van der Waals surface area contributed by atoms with Gasteiger partial charge in [0, 0.05) is 6.54 Å². The molecule has 3 atom stereocenters. The number of nitrogens with zero attached hydrogens (tertiary/aromatic N) is 1. The van der Waals surface area contributed by atoms with Gasteiger partial charge in [0.05, 0.1) is 6.10 Å². The van der Waals surface area contributed by atoms with Crippen LogP contribution in [-0.2, 0) is 4.74 Å². The topological polar surface area (TPSA) is 12.5 Å². The standard InChI is InChI=1S/C10H19NO/c1-8-11(2)7-9-5-3-4-6-10(9)12-8/h8-10H,3-7H2,1-2H3/t8-,9+,10+/m0/s1. The van der Waals surface area contributed by atoms with Crippen LogP contribution in [-0.4, -0.2) is 30.8 Å². The van der Waals surface area contributed by atoms with Crippen molar-refractivity contribution in [2.45, 2.75) is 44.9 Å². The van der Waals surface area contributed by atoms with E-state index in [2.05, 4.69) is 18.9 Å². The Morgan fingerprint density at radius 2 is 2.00 bits per heavy atom. The molecule has 0 radical (unpaired) electrons. The van der Waals surface area contributed by atoms with Crippen LogP contribution in [0.4, 0.5) is 0 Å². The third-order valence-corrected chi connectivity index (χ3v) is 3.35. The van der Waals surface area contributed by atoms with Crippen molar-refractivity contribution in [2.24, 2.45) is 5.92 Å². The van der Waals surface area contributed by atoms with E-state index in [1.54, 1.807) is 0 Å². The van der Waals surface area contributed by atoms with Crippen LogP contribution in [0.25, 0.3) is 0 Å². The van der Waals surface area contributed by atoms with Crippen LogP contribution < -0.4 is 0 Å². The van der Waals surface area contributed by atoms with Gasteiger partial charge in [-0.25, -0.2) is 0 Å².